The fraction of sp³-hybridized carbons (Fsp3) is 0.312. The quantitative estimate of drug-likeness (QED) is 0.718. The van der Waals surface area contributed by atoms with Crippen molar-refractivity contribution in [2.45, 2.75) is 19.6 Å². The Bertz CT molecular complexity index is 875. The van der Waals surface area contributed by atoms with Gasteiger partial charge in [-0.05, 0) is 12.1 Å². The highest BCUT2D eigenvalue weighted by Gasteiger charge is 2.20. The predicted octanol–water partition coefficient (Wildman–Crippen LogP) is 2.29. The van der Waals surface area contributed by atoms with Gasteiger partial charge in [0.05, 0.1) is 19.1 Å². The van der Waals surface area contributed by atoms with Gasteiger partial charge in [0, 0.05) is 12.3 Å². The van der Waals surface area contributed by atoms with Gasteiger partial charge in [-0.3, -0.25) is 0 Å². The number of halogens is 1. The third kappa shape index (κ3) is 3.09. The first-order chi connectivity index (χ1) is 11.4. The molecule has 0 aliphatic rings. The summed E-state index contributed by atoms with van der Waals surface area (Å²) >= 11 is 0. The maximum Gasteiger partial charge on any atom is 0.303 e. The van der Waals surface area contributed by atoms with Crippen LogP contribution >= 0.6 is 0 Å². The molecule has 8 heteroatoms. The summed E-state index contributed by atoms with van der Waals surface area (Å²) in [5.74, 6) is 0.707. The first kappa shape index (κ1) is 16.4. The van der Waals surface area contributed by atoms with Crippen molar-refractivity contribution in [2.24, 2.45) is 0 Å². The lowest BCUT2D eigenvalue weighted by atomic mass is 10.3. The highest BCUT2D eigenvalue weighted by molar-refractivity contribution is 6.88. The van der Waals surface area contributed by atoms with Crippen molar-refractivity contribution in [2.75, 3.05) is 19.0 Å². The van der Waals surface area contributed by atoms with Crippen LogP contribution < -0.4 is 15.7 Å². The molecule has 0 radical (unpaired) electrons. The lowest BCUT2D eigenvalue weighted by Crippen LogP contribution is -2.37. The van der Waals surface area contributed by atoms with Crippen LogP contribution in [0.25, 0.3) is 16.9 Å². The van der Waals surface area contributed by atoms with Crippen LogP contribution in [0.15, 0.2) is 30.5 Å². The van der Waals surface area contributed by atoms with E-state index in [1.54, 1.807) is 16.8 Å². The molecular formula is C16H20FN5OSi. The highest BCUT2D eigenvalue weighted by atomic mass is 28.3. The molecule has 0 amide bonds. The van der Waals surface area contributed by atoms with E-state index in [0.29, 0.717) is 11.8 Å². The number of nitrogens with zero attached hydrogens (tertiary/aromatic N) is 4. The molecule has 3 rings (SSSR count). The molecule has 126 valence electrons. The lowest BCUT2D eigenvalue weighted by Gasteiger charge is -2.16. The molecule has 1 aromatic carbocycles. The Kier molecular flexibility index (Phi) is 4.23. The van der Waals surface area contributed by atoms with E-state index < -0.39 is 14.7 Å². The monoisotopic (exact) mass is 345 g/mol. The normalized spacial score (nSPS) is 11.8. The number of aromatic nitrogens is 4. The molecule has 0 fully saturated rings. The van der Waals surface area contributed by atoms with E-state index >= 15 is 0 Å². The summed E-state index contributed by atoms with van der Waals surface area (Å²) in [6.07, 6.45) is 1.57. The molecule has 2 N–H and O–H groups in total. The third-order valence-electron chi connectivity index (χ3n) is 3.69. The maximum absolute atomic E-state index is 12.6. The van der Waals surface area contributed by atoms with Gasteiger partial charge < -0.3 is 10.5 Å². The number of imidazole rings is 1. The van der Waals surface area contributed by atoms with Gasteiger partial charge in [0.2, 0.25) is 5.95 Å². The Morgan fingerprint density at radius 2 is 2.00 bits per heavy atom. The van der Waals surface area contributed by atoms with Crippen molar-refractivity contribution < 1.29 is 9.13 Å². The van der Waals surface area contributed by atoms with Crippen LogP contribution in [0, 0.1) is 0 Å². The van der Waals surface area contributed by atoms with Crippen LogP contribution in [0.5, 0.6) is 6.01 Å². The number of rotatable bonds is 5. The summed E-state index contributed by atoms with van der Waals surface area (Å²) in [6, 6.07) is 8.19. The van der Waals surface area contributed by atoms with E-state index in [-0.39, 0.29) is 12.6 Å². The van der Waals surface area contributed by atoms with Crippen LogP contribution in [-0.4, -0.2) is 40.9 Å². The number of ether oxygens (including phenoxy) is 1. The molecule has 0 aliphatic heterocycles. The van der Waals surface area contributed by atoms with Crippen molar-refractivity contribution in [1.29, 1.82) is 0 Å². The lowest BCUT2D eigenvalue weighted by molar-refractivity contribution is 0.252. The van der Waals surface area contributed by atoms with Crippen LogP contribution in [-0.2, 0) is 0 Å². The Morgan fingerprint density at radius 1 is 1.21 bits per heavy atom. The molecule has 2 aromatic heterocycles. The Morgan fingerprint density at radius 3 is 2.67 bits per heavy atom. The summed E-state index contributed by atoms with van der Waals surface area (Å²) in [4.78, 5) is 12.6. The second kappa shape index (κ2) is 6.20. The van der Waals surface area contributed by atoms with Crippen molar-refractivity contribution in [3.8, 4) is 11.8 Å². The second-order valence-electron chi connectivity index (χ2n) is 6.49. The Balaban J connectivity index is 2.24. The molecule has 2 heterocycles. The van der Waals surface area contributed by atoms with Crippen molar-refractivity contribution >= 4 is 30.2 Å². The SMILES string of the molecule is C[Si](C)(C)c1ccc2nc(OCCF)n(-c3ccnc(N)n3)c2c1. The summed E-state index contributed by atoms with van der Waals surface area (Å²) in [5.41, 5.74) is 7.34. The number of alkyl halides is 1. The zero-order chi connectivity index (χ0) is 17.3. The van der Waals surface area contributed by atoms with Gasteiger partial charge >= 0.3 is 6.01 Å². The number of anilines is 1. The van der Waals surface area contributed by atoms with Gasteiger partial charge in [0.1, 0.15) is 19.1 Å². The minimum absolute atomic E-state index is 0.0647. The van der Waals surface area contributed by atoms with Crippen LogP contribution in [0.1, 0.15) is 0 Å². The second-order valence-corrected chi connectivity index (χ2v) is 11.6. The number of hydrogen-bond acceptors (Lipinski definition) is 5. The number of hydrogen-bond donors (Lipinski definition) is 1. The summed E-state index contributed by atoms with van der Waals surface area (Å²) in [6.45, 7) is 6.17. The highest BCUT2D eigenvalue weighted by Crippen LogP contribution is 2.25. The minimum Gasteiger partial charge on any atom is -0.462 e. The first-order valence-electron chi connectivity index (χ1n) is 7.71. The molecular weight excluding hydrogens is 325 g/mol. The smallest absolute Gasteiger partial charge is 0.303 e. The molecule has 24 heavy (non-hydrogen) atoms. The summed E-state index contributed by atoms with van der Waals surface area (Å²) in [7, 11) is -1.50. The van der Waals surface area contributed by atoms with Crippen LogP contribution in [0.3, 0.4) is 0 Å². The predicted molar refractivity (Wildman–Crippen MR) is 95.5 cm³/mol. The molecule has 3 aromatic rings. The molecule has 6 nitrogen and oxygen atoms in total. The first-order valence-corrected chi connectivity index (χ1v) is 11.2. The molecule has 0 spiro atoms. The van der Waals surface area contributed by atoms with Crippen molar-refractivity contribution in [3.05, 3.63) is 30.5 Å². The van der Waals surface area contributed by atoms with Gasteiger partial charge in [0.25, 0.3) is 0 Å². The molecule has 0 bridgehead atoms. The van der Waals surface area contributed by atoms with Crippen molar-refractivity contribution in [3.63, 3.8) is 0 Å². The molecule has 0 aliphatic carbocycles. The minimum atomic E-state index is -1.50. The summed E-state index contributed by atoms with van der Waals surface area (Å²) < 4.78 is 19.8. The zero-order valence-electron chi connectivity index (χ0n) is 14.0. The van der Waals surface area contributed by atoms with Gasteiger partial charge in [-0.25, -0.2) is 13.9 Å². The fourth-order valence-electron chi connectivity index (χ4n) is 2.46. The zero-order valence-corrected chi connectivity index (χ0v) is 15.0. The van der Waals surface area contributed by atoms with E-state index in [1.165, 1.54) is 5.19 Å². The van der Waals surface area contributed by atoms with Gasteiger partial charge in [-0.15, -0.1) is 0 Å². The fourth-order valence-corrected chi connectivity index (χ4v) is 3.61. The van der Waals surface area contributed by atoms with Gasteiger partial charge in [-0.1, -0.05) is 30.9 Å². The Labute approximate surface area is 140 Å². The van der Waals surface area contributed by atoms with E-state index in [0.717, 1.165) is 11.0 Å². The number of nitrogens with two attached hydrogens (primary N) is 1. The van der Waals surface area contributed by atoms with Gasteiger partial charge in [0.15, 0.2) is 0 Å². The average molecular weight is 345 g/mol. The number of fused-ring (bicyclic) bond motifs is 1. The topological polar surface area (TPSA) is 78.8 Å². The van der Waals surface area contributed by atoms with Gasteiger partial charge in [-0.2, -0.15) is 9.97 Å². The maximum atomic E-state index is 12.6. The van der Waals surface area contributed by atoms with Crippen molar-refractivity contribution in [1.82, 2.24) is 19.5 Å². The molecule has 0 saturated carbocycles. The van der Waals surface area contributed by atoms with E-state index in [9.17, 15) is 4.39 Å². The molecule has 0 saturated heterocycles. The van der Waals surface area contributed by atoms with E-state index in [4.69, 9.17) is 10.5 Å². The largest absolute Gasteiger partial charge is 0.462 e. The average Bonchev–Trinajstić information content (AvgIpc) is 2.89. The van der Waals surface area contributed by atoms with E-state index in [2.05, 4.69) is 46.7 Å². The molecule has 0 atom stereocenters. The van der Waals surface area contributed by atoms with Crippen LogP contribution in [0.4, 0.5) is 10.3 Å². The van der Waals surface area contributed by atoms with Crippen LogP contribution in [0.2, 0.25) is 19.6 Å². The molecule has 0 unspecified atom stereocenters. The number of benzene rings is 1. The van der Waals surface area contributed by atoms with E-state index in [1.807, 2.05) is 6.07 Å². The third-order valence-corrected chi connectivity index (χ3v) is 5.73. The number of nitrogen functional groups attached to an aromatic ring is 1. The Hall–Kier alpha value is -2.48. The standard InChI is InChI=1S/C16H20FN5OSi/c1-24(2,3)11-4-5-12-13(10-11)22(16(20-12)23-9-7-17)14-6-8-19-15(18)21-14/h4-6,8,10H,7,9H2,1-3H3,(H2,18,19,21). The summed E-state index contributed by atoms with van der Waals surface area (Å²) in [5, 5.41) is 1.29.